The number of para-hydroxylation sites is 1. The van der Waals surface area contributed by atoms with Gasteiger partial charge in [0, 0.05) is 18.1 Å². The molecule has 2 N–H and O–H groups in total. The summed E-state index contributed by atoms with van der Waals surface area (Å²) >= 11 is 4.07. The zero-order valence-electron chi connectivity index (χ0n) is 18.5. The average Bonchev–Trinajstić information content (AvgIpc) is 2.82. The second-order valence-electron chi connectivity index (χ2n) is 7.53. The molecule has 2 amide bonds. The SMILES string of the molecule is CCCCC(Oc1cccc(N(S)C(N)=O)c1)Oc1ccccc1-c1ccc(C(F)(F)F)cc1. The van der Waals surface area contributed by atoms with Gasteiger partial charge in [-0.1, -0.05) is 62.6 Å². The summed E-state index contributed by atoms with van der Waals surface area (Å²) in [5.74, 6) is 0.929. The highest BCUT2D eigenvalue weighted by atomic mass is 32.1. The summed E-state index contributed by atoms with van der Waals surface area (Å²) in [5.41, 5.74) is 6.23. The van der Waals surface area contributed by atoms with Crippen LogP contribution in [0.15, 0.2) is 72.8 Å². The molecule has 3 rings (SSSR count). The molecule has 0 bridgehead atoms. The first kappa shape index (κ1) is 25.3. The number of benzene rings is 3. The molecule has 0 fully saturated rings. The number of thiol groups is 1. The highest BCUT2D eigenvalue weighted by Gasteiger charge is 2.30. The summed E-state index contributed by atoms with van der Waals surface area (Å²) in [6.45, 7) is 2.04. The topological polar surface area (TPSA) is 64.8 Å². The molecule has 180 valence electrons. The fourth-order valence-corrected chi connectivity index (χ4v) is 3.39. The maximum Gasteiger partial charge on any atom is 0.416 e. The predicted molar refractivity (Wildman–Crippen MR) is 129 cm³/mol. The number of anilines is 1. The van der Waals surface area contributed by atoms with E-state index in [4.69, 9.17) is 15.2 Å². The Morgan fingerprint density at radius 1 is 1.03 bits per heavy atom. The monoisotopic (exact) mass is 490 g/mol. The van der Waals surface area contributed by atoms with Crippen LogP contribution in [0.4, 0.5) is 23.7 Å². The Balaban J connectivity index is 1.85. The predicted octanol–water partition coefficient (Wildman–Crippen LogP) is 7.08. The Morgan fingerprint density at radius 2 is 1.74 bits per heavy atom. The van der Waals surface area contributed by atoms with Gasteiger partial charge >= 0.3 is 12.2 Å². The van der Waals surface area contributed by atoms with Gasteiger partial charge in [0.15, 0.2) is 0 Å². The fraction of sp³-hybridized carbons (Fsp3) is 0.240. The summed E-state index contributed by atoms with van der Waals surface area (Å²) in [6, 6.07) is 18.0. The molecule has 0 heterocycles. The summed E-state index contributed by atoms with van der Waals surface area (Å²) in [5, 5.41) is 0. The van der Waals surface area contributed by atoms with E-state index in [-0.39, 0.29) is 0 Å². The molecule has 0 aliphatic rings. The van der Waals surface area contributed by atoms with E-state index < -0.39 is 24.1 Å². The number of halogens is 3. The van der Waals surface area contributed by atoms with Crippen molar-refractivity contribution in [2.24, 2.45) is 5.73 Å². The Kier molecular flexibility index (Phi) is 8.33. The zero-order valence-corrected chi connectivity index (χ0v) is 19.4. The summed E-state index contributed by atoms with van der Waals surface area (Å²) in [7, 11) is 0. The Morgan fingerprint density at radius 3 is 2.38 bits per heavy atom. The molecule has 0 radical (unpaired) electrons. The van der Waals surface area contributed by atoms with Crippen molar-refractivity contribution in [2.45, 2.75) is 38.7 Å². The van der Waals surface area contributed by atoms with Crippen LogP contribution < -0.4 is 19.5 Å². The molecule has 0 spiro atoms. The van der Waals surface area contributed by atoms with Crippen LogP contribution in [-0.4, -0.2) is 12.3 Å². The van der Waals surface area contributed by atoms with Crippen molar-refractivity contribution >= 4 is 24.5 Å². The number of primary amides is 1. The first-order valence-corrected chi connectivity index (χ1v) is 11.1. The van der Waals surface area contributed by atoms with Gasteiger partial charge in [-0.15, -0.1) is 0 Å². The van der Waals surface area contributed by atoms with Crippen LogP contribution >= 0.6 is 12.8 Å². The molecular formula is C25H25F3N2O3S. The lowest BCUT2D eigenvalue weighted by atomic mass is 10.0. The van der Waals surface area contributed by atoms with Gasteiger partial charge in [-0.25, -0.2) is 9.10 Å². The van der Waals surface area contributed by atoms with Crippen molar-refractivity contribution in [2.75, 3.05) is 4.31 Å². The second-order valence-corrected chi connectivity index (χ2v) is 7.93. The first-order valence-electron chi connectivity index (χ1n) is 10.7. The quantitative estimate of drug-likeness (QED) is 0.249. The van der Waals surface area contributed by atoms with E-state index in [1.54, 1.807) is 48.5 Å². The number of unbranched alkanes of at least 4 members (excludes halogenated alkanes) is 1. The van der Waals surface area contributed by atoms with Gasteiger partial charge in [0.1, 0.15) is 11.5 Å². The number of ether oxygens (including phenoxy) is 2. The van der Waals surface area contributed by atoms with Crippen LogP contribution in [-0.2, 0) is 6.18 Å². The lowest BCUT2D eigenvalue weighted by molar-refractivity contribution is -0.137. The number of alkyl halides is 3. The smallest absolute Gasteiger partial charge is 0.416 e. The van der Waals surface area contributed by atoms with E-state index in [1.165, 1.54) is 12.1 Å². The third kappa shape index (κ3) is 6.60. The number of amides is 2. The van der Waals surface area contributed by atoms with Crippen molar-refractivity contribution in [3.05, 3.63) is 78.4 Å². The normalized spacial score (nSPS) is 12.1. The minimum atomic E-state index is -4.40. The minimum Gasteiger partial charge on any atom is -0.455 e. The highest BCUT2D eigenvalue weighted by molar-refractivity contribution is 7.82. The van der Waals surface area contributed by atoms with Gasteiger partial charge < -0.3 is 15.2 Å². The van der Waals surface area contributed by atoms with Gasteiger partial charge in [0.05, 0.1) is 11.3 Å². The molecule has 0 aromatic heterocycles. The number of nitrogens with zero attached hydrogens (tertiary/aromatic N) is 1. The number of hydrogen-bond donors (Lipinski definition) is 2. The first-order chi connectivity index (χ1) is 16.2. The number of urea groups is 1. The number of hydrogen-bond acceptors (Lipinski definition) is 4. The molecular weight excluding hydrogens is 465 g/mol. The zero-order chi connectivity index (χ0) is 24.7. The third-order valence-electron chi connectivity index (χ3n) is 5.00. The van der Waals surface area contributed by atoms with Crippen LogP contribution in [0.3, 0.4) is 0 Å². The van der Waals surface area contributed by atoms with Crippen LogP contribution in [0.1, 0.15) is 31.7 Å². The van der Waals surface area contributed by atoms with Crippen LogP contribution in [0.5, 0.6) is 11.5 Å². The Hall–Kier alpha value is -3.33. The Bertz CT molecular complexity index is 1110. The van der Waals surface area contributed by atoms with Crippen LogP contribution in [0.25, 0.3) is 11.1 Å². The molecule has 1 unspecified atom stereocenters. The maximum absolute atomic E-state index is 12.9. The van der Waals surface area contributed by atoms with Gasteiger partial charge in [-0.2, -0.15) is 13.2 Å². The van der Waals surface area contributed by atoms with Crippen molar-refractivity contribution in [1.29, 1.82) is 0 Å². The number of carbonyl (C=O) groups is 1. The molecule has 0 saturated heterocycles. The lowest BCUT2D eigenvalue weighted by Gasteiger charge is -2.23. The third-order valence-corrected chi connectivity index (χ3v) is 5.43. The largest absolute Gasteiger partial charge is 0.455 e. The molecule has 5 nitrogen and oxygen atoms in total. The van der Waals surface area contributed by atoms with E-state index in [2.05, 4.69) is 12.8 Å². The number of rotatable bonds is 9. The maximum atomic E-state index is 12.9. The highest BCUT2D eigenvalue weighted by Crippen LogP contribution is 2.35. The second kappa shape index (κ2) is 11.2. The van der Waals surface area contributed by atoms with E-state index in [0.717, 1.165) is 29.3 Å². The average molecular weight is 491 g/mol. The van der Waals surface area contributed by atoms with Crippen molar-refractivity contribution in [3.63, 3.8) is 0 Å². The molecule has 0 saturated carbocycles. The molecule has 0 aliphatic heterocycles. The fourth-order valence-electron chi connectivity index (χ4n) is 3.27. The molecule has 9 heteroatoms. The standard InChI is InChI=1S/C25H25F3N2O3S/c1-2-3-11-23(32-20-8-6-7-19(16-20)30(34)24(29)31)33-22-10-5-4-9-21(22)17-12-14-18(15-13-17)25(26,27)28/h4-10,12-16,23,34H,2-3,11H2,1H3,(H2,29,31). The summed E-state index contributed by atoms with van der Waals surface area (Å²) < 4.78 is 52.1. The molecule has 3 aromatic carbocycles. The minimum absolute atomic E-state index is 0.438. The summed E-state index contributed by atoms with van der Waals surface area (Å²) in [6.07, 6.45) is -2.77. The van der Waals surface area contributed by atoms with Gasteiger partial charge in [0.2, 0.25) is 6.29 Å². The number of nitrogens with two attached hydrogens (primary N) is 1. The summed E-state index contributed by atoms with van der Waals surface area (Å²) in [4.78, 5) is 11.4. The van der Waals surface area contributed by atoms with E-state index in [0.29, 0.717) is 34.7 Å². The lowest BCUT2D eigenvalue weighted by Crippen LogP contribution is -2.27. The van der Waals surface area contributed by atoms with E-state index >= 15 is 0 Å². The molecule has 34 heavy (non-hydrogen) atoms. The van der Waals surface area contributed by atoms with Crippen molar-refractivity contribution in [1.82, 2.24) is 0 Å². The van der Waals surface area contributed by atoms with Crippen molar-refractivity contribution in [3.8, 4) is 22.6 Å². The number of carbonyl (C=O) groups excluding carboxylic acids is 1. The van der Waals surface area contributed by atoms with E-state index in [9.17, 15) is 18.0 Å². The van der Waals surface area contributed by atoms with Crippen LogP contribution in [0.2, 0.25) is 0 Å². The van der Waals surface area contributed by atoms with Gasteiger partial charge in [-0.05, 0) is 42.3 Å². The van der Waals surface area contributed by atoms with Crippen LogP contribution in [0, 0.1) is 0 Å². The Labute approximate surface area is 201 Å². The van der Waals surface area contributed by atoms with Crippen molar-refractivity contribution < 1.29 is 27.4 Å². The molecule has 1 atom stereocenters. The van der Waals surface area contributed by atoms with E-state index in [1.807, 2.05) is 6.92 Å². The van der Waals surface area contributed by atoms with Gasteiger partial charge in [0.25, 0.3) is 0 Å². The van der Waals surface area contributed by atoms with Gasteiger partial charge in [-0.3, -0.25) is 0 Å². The molecule has 0 aliphatic carbocycles. The molecule has 3 aromatic rings.